The quantitative estimate of drug-likeness (QED) is 0.860. The average molecular weight is 356 g/mol. The first-order valence-electron chi connectivity index (χ1n) is 5.34. The van der Waals surface area contributed by atoms with Crippen LogP contribution in [-0.2, 0) is 6.42 Å². The van der Waals surface area contributed by atoms with Crippen molar-refractivity contribution in [1.82, 2.24) is 0 Å². The summed E-state index contributed by atoms with van der Waals surface area (Å²) in [4.78, 5) is 0. The highest BCUT2D eigenvalue weighted by Gasteiger charge is 2.10. The second-order valence-electron chi connectivity index (χ2n) is 3.86. The van der Waals surface area contributed by atoms with Gasteiger partial charge in [-0.2, -0.15) is 0 Å². The van der Waals surface area contributed by atoms with Crippen LogP contribution in [0.25, 0.3) is 0 Å². The monoisotopic (exact) mass is 354 g/mol. The first-order valence-corrected chi connectivity index (χ1v) is 6.92. The standard InChI is InChI=1S/C14H12Br2O/c15-12-7-5-10(6-8-12)14(17)9-11-3-1-2-4-13(11)16/h1-8,14,17H,9H2. The largest absolute Gasteiger partial charge is 0.388 e. The van der Waals surface area contributed by atoms with Crippen molar-refractivity contribution in [2.45, 2.75) is 12.5 Å². The fourth-order valence-corrected chi connectivity index (χ4v) is 2.39. The van der Waals surface area contributed by atoms with E-state index in [1.54, 1.807) is 0 Å². The van der Waals surface area contributed by atoms with Crippen LogP contribution in [0.3, 0.4) is 0 Å². The first-order chi connectivity index (χ1) is 8.16. The lowest BCUT2D eigenvalue weighted by molar-refractivity contribution is 0.178. The molecule has 0 saturated carbocycles. The minimum Gasteiger partial charge on any atom is -0.388 e. The molecule has 0 spiro atoms. The molecule has 0 amide bonds. The highest BCUT2D eigenvalue weighted by Crippen LogP contribution is 2.24. The van der Waals surface area contributed by atoms with E-state index < -0.39 is 6.10 Å². The van der Waals surface area contributed by atoms with Gasteiger partial charge in [-0.05, 0) is 29.3 Å². The Labute approximate surface area is 118 Å². The van der Waals surface area contributed by atoms with Crippen molar-refractivity contribution in [2.75, 3.05) is 0 Å². The smallest absolute Gasteiger partial charge is 0.0830 e. The van der Waals surface area contributed by atoms with Gasteiger partial charge in [-0.15, -0.1) is 0 Å². The van der Waals surface area contributed by atoms with Crippen molar-refractivity contribution in [3.8, 4) is 0 Å². The van der Waals surface area contributed by atoms with Gasteiger partial charge in [0, 0.05) is 15.4 Å². The van der Waals surface area contributed by atoms with Crippen LogP contribution in [-0.4, -0.2) is 5.11 Å². The Balaban J connectivity index is 2.14. The SMILES string of the molecule is OC(Cc1ccccc1Br)c1ccc(Br)cc1. The van der Waals surface area contributed by atoms with Crippen LogP contribution in [0, 0.1) is 0 Å². The number of rotatable bonds is 3. The van der Waals surface area contributed by atoms with Gasteiger partial charge in [0.25, 0.3) is 0 Å². The van der Waals surface area contributed by atoms with E-state index >= 15 is 0 Å². The van der Waals surface area contributed by atoms with E-state index in [1.807, 2.05) is 48.5 Å². The highest BCUT2D eigenvalue weighted by molar-refractivity contribution is 9.10. The molecule has 2 aromatic carbocycles. The minimum atomic E-state index is -0.471. The molecule has 0 aliphatic heterocycles. The van der Waals surface area contributed by atoms with E-state index in [4.69, 9.17) is 0 Å². The predicted octanol–water partition coefficient (Wildman–Crippen LogP) is 4.49. The Morgan fingerprint density at radius 2 is 1.59 bits per heavy atom. The molecule has 1 N–H and O–H groups in total. The average Bonchev–Trinajstić information content (AvgIpc) is 2.33. The van der Waals surface area contributed by atoms with Crippen LogP contribution in [0.4, 0.5) is 0 Å². The highest BCUT2D eigenvalue weighted by atomic mass is 79.9. The molecule has 2 rings (SSSR count). The third-order valence-electron chi connectivity index (χ3n) is 2.63. The third-order valence-corrected chi connectivity index (χ3v) is 3.93. The molecule has 1 unspecified atom stereocenters. The topological polar surface area (TPSA) is 20.2 Å². The molecule has 0 bridgehead atoms. The molecule has 0 heterocycles. The zero-order valence-electron chi connectivity index (χ0n) is 9.11. The summed E-state index contributed by atoms with van der Waals surface area (Å²) in [7, 11) is 0. The van der Waals surface area contributed by atoms with Crippen molar-refractivity contribution in [3.63, 3.8) is 0 Å². The lowest BCUT2D eigenvalue weighted by Crippen LogP contribution is -2.02. The summed E-state index contributed by atoms with van der Waals surface area (Å²) in [5, 5.41) is 10.2. The van der Waals surface area contributed by atoms with Crippen molar-refractivity contribution >= 4 is 31.9 Å². The molecular formula is C14H12Br2O. The van der Waals surface area contributed by atoms with Crippen LogP contribution in [0.2, 0.25) is 0 Å². The molecule has 1 atom stereocenters. The van der Waals surface area contributed by atoms with E-state index in [0.29, 0.717) is 6.42 Å². The van der Waals surface area contributed by atoms with Gasteiger partial charge in [-0.25, -0.2) is 0 Å². The first kappa shape index (κ1) is 12.8. The van der Waals surface area contributed by atoms with E-state index in [0.717, 1.165) is 20.1 Å². The van der Waals surface area contributed by atoms with Gasteiger partial charge < -0.3 is 5.11 Å². The Hall–Kier alpha value is -0.640. The number of halogens is 2. The maximum atomic E-state index is 10.2. The summed E-state index contributed by atoms with van der Waals surface area (Å²) in [6, 6.07) is 15.7. The predicted molar refractivity (Wildman–Crippen MR) is 76.9 cm³/mol. The van der Waals surface area contributed by atoms with Gasteiger partial charge in [0.1, 0.15) is 0 Å². The second kappa shape index (κ2) is 5.80. The maximum Gasteiger partial charge on any atom is 0.0830 e. The van der Waals surface area contributed by atoms with Gasteiger partial charge in [0.15, 0.2) is 0 Å². The lowest BCUT2D eigenvalue weighted by Gasteiger charge is -2.12. The van der Waals surface area contributed by atoms with Crippen molar-refractivity contribution in [3.05, 3.63) is 68.6 Å². The molecule has 3 heteroatoms. The van der Waals surface area contributed by atoms with Crippen LogP contribution in [0.1, 0.15) is 17.2 Å². The number of hydrogen-bond donors (Lipinski definition) is 1. The fourth-order valence-electron chi connectivity index (χ4n) is 1.68. The molecule has 0 aliphatic rings. The maximum absolute atomic E-state index is 10.2. The Morgan fingerprint density at radius 3 is 2.24 bits per heavy atom. The number of benzene rings is 2. The summed E-state index contributed by atoms with van der Waals surface area (Å²) in [6.07, 6.45) is 0.144. The Kier molecular flexibility index (Phi) is 4.37. The van der Waals surface area contributed by atoms with Crippen molar-refractivity contribution in [2.24, 2.45) is 0 Å². The number of hydrogen-bond acceptors (Lipinski definition) is 1. The summed E-state index contributed by atoms with van der Waals surface area (Å²) in [5.74, 6) is 0. The summed E-state index contributed by atoms with van der Waals surface area (Å²) >= 11 is 6.87. The molecule has 0 saturated heterocycles. The molecule has 17 heavy (non-hydrogen) atoms. The molecule has 2 aromatic rings. The van der Waals surface area contributed by atoms with Gasteiger partial charge in [0.2, 0.25) is 0 Å². The molecule has 1 nitrogen and oxygen atoms in total. The lowest BCUT2D eigenvalue weighted by atomic mass is 10.0. The zero-order chi connectivity index (χ0) is 12.3. The van der Waals surface area contributed by atoms with Crippen LogP contribution in [0.15, 0.2) is 57.5 Å². The van der Waals surface area contributed by atoms with Crippen LogP contribution < -0.4 is 0 Å². The van der Waals surface area contributed by atoms with Gasteiger partial charge in [-0.1, -0.05) is 62.2 Å². The van der Waals surface area contributed by atoms with Gasteiger partial charge in [0.05, 0.1) is 6.10 Å². The zero-order valence-corrected chi connectivity index (χ0v) is 12.3. The van der Waals surface area contributed by atoms with Crippen molar-refractivity contribution in [1.29, 1.82) is 0 Å². The second-order valence-corrected chi connectivity index (χ2v) is 5.63. The molecule has 0 aliphatic carbocycles. The minimum absolute atomic E-state index is 0.471. The van der Waals surface area contributed by atoms with E-state index in [9.17, 15) is 5.11 Å². The Bertz CT molecular complexity index is 494. The van der Waals surface area contributed by atoms with E-state index in [2.05, 4.69) is 31.9 Å². The van der Waals surface area contributed by atoms with Crippen LogP contribution in [0.5, 0.6) is 0 Å². The summed E-state index contributed by atoms with van der Waals surface area (Å²) in [6.45, 7) is 0. The molecular weight excluding hydrogens is 344 g/mol. The van der Waals surface area contributed by atoms with Gasteiger partial charge >= 0.3 is 0 Å². The van der Waals surface area contributed by atoms with Gasteiger partial charge in [-0.3, -0.25) is 0 Å². The number of aliphatic hydroxyl groups excluding tert-OH is 1. The van der Waals surface area contributed by atoms with Crippen LogP contribution >= 0.6 is 31.9 Å². The fraction of sp³-hybridized carbons (Fsp3) is 0.143. The normalized spacial score (nSPS) is 12.4. The number of aliphatic hydroxyl groups is 1. The van der Waals surface area contributed by atoms with Crippen molar-refractivity contribution < 1.29 is 5.11 Å². The molecule has 0 aromatic heterocycles. The molecule has 0 fully saturated rings. The van der Waals surface area contributed by atoms with E-state index in [1.165, 1.54) is 0 Å². The molecule has 88 valence electrons. The Morgan fingerprint density at radius 1 is 0.941 bits per heavy atom. The summed E-state index contributed by atoms with van der Waals surface area (Å²) < 4.78 is 2.06. The third kappa shape index (κ3) is 3.41. The van der Waals surface area contributed by atoms with E-state index in [-0.39, 0.29) is 0 Å². The summed E-state index contributed by atoms with van der Waals surface area (Å²) in [5.41, 5.74) is 2.05. The molecule has 0 radical (unpaired) electrons.